The Morgan fingerprint density at radius 1 is 1.05 bits per heavy atom. The average molecular weight is 300 g/mol. The van der Waals surface area contributed by atoms with Crippen LogP contribution in [0.5, 0.6) is 11.5 Å². The second-order valence-corrected chi connectivity index (χ2v) is 3.79. The molecule has 2 nitrogen and oxygen atoms in total. The fourth-order valence-electron chi connectivity index (χ4n) is 1.45. The lowest BCUT2D eigenvalue weighted by Gasteiger charge is -2.19. The van der Waals surface area contributed by atoms with Crippen molar-refractivity contribution in [3.05, 3.63) is 36.4 Å². The van der Waals surface area contributed by atoms with E-state index in [1.807, 2.05) is 0 Å². The van der Waals surface area contributed by atoms with Crippen molar-refractivity contribution in [2.75, 3.05) is 0 Å². The third-order valence-electron chi connectivity index (χ3n) is 2.30. The second-order valence-electron chi connectivity index (χ2n) is 3.79. The SMILES string of the molecule is C=CC(C)c1cccc(OC(F)(F)F)c1OC(F)(F)F. The number of ether oxygens (including phenoxy) is 2. The standard InChI is InChI=1S/C12H10F6O2/c1-3-7(2)8-5-4-6-9(19-11(13,14)15)10(8)20-12(16,17)18/h3-7H,1H2,2H3. The van der Waals surface area contributed by atoms with Crippen LogP contribution < -0.4 is 9.47 Å². The molecule has 0 aliphatic carbocycles. The predicted octanol–water partition coefficient (Wildman–Crippen LogP) is 4.77. The van der Waals surface area contributed by atoms with E-state index in [0.717, 1.165) is 12.1 Å². The van der Waals surface area contributed by atoms with Gasteiger partial charge in [0.2, 0.25) is 0 Å². The topological polar surface area (TPSA) is 18.5 Å². The van der Waals surface area contributed by atoms with Crippen LogP contribution in [0, 0.1) is 0 Å². The van der Waals surface area contributed by atoms with Crippen LogP contribution in [0.2, 0.25) is 0 Å². The number of benzene rings is 1. The Bertz CT molecular complexity index is 478. The first-order valence-corrected chi connectivity index (χ1v) is 5.30. The van der Waals surface area contributed by atoms with Crippen LogP contribution in [0.15, 0.2) is 30.9 Å². The quantitative estimate of drug-likeness (QED) is 0.589. The number of alkyl halides is 6. The lowest BCUT2D eigenvalue weighted by molar-refractivity contribution is -0.287. The van der Waals surface area contributed by atoms with Gasteiger partial charge in [-0.15, -0.1) is 32.9 Å². The summed E-state index contributed by atoms with van der Waals surface area (Å²) in [5, 5.41) is 0. The largest absolute Gasteiger partial charge is 0.573 e. The molecule has 0 aliphatic rings. The number of hydrogen-bond acceptors (Lipinski definition) is 2. The summed E-state index contributed by atoms with van der Waals surface area (Å²) in [5.74, 6) is -2.73. The summed E-state index contributed by atoms with van der Waals surface area (Å²) in [4.78, 5) is 0. The molecule has 1 aromatic carbocycles. The van der Waals surface area contributed by atoms with Crippen molar-refractivity contribution in [1.82, 2.24) is 0 Å². The lowest BCUT2D eigenvalue weighted by atomic mass is 10.00. The van der Waals surface area contributed by atoms with Gasteiger partial charge in [0, 0.05) is 11.5 Å². The summed E-state index contributed by atoms with van der Waals surface area (Å²) in [5.41, 5.74) is -0.112. The maximum absolute atomic E-state index is 12.3. The molecule has 1 atom stereocenters. The molecular formula is C12H10F6O2. The first-order valence-electron chi connectivity index (χ1n) is 5.30. The molecule has 0 radical (unpaired) electrons. The summed E-state index contributed by atoms with van der Waals surface area (Å²) in [6.07, 6.45) is -8.99. The van der Waals surface area contributed by atoms with Gasteiger partial charge < -0.3 is 9.47 Å². The molecule has 1 rings (SSSR count). The van der Waals surface area contributed by atoms with Crippen molar-refractivity contribution in [3.8, 4) is 11.5 Å². The van der Waals surface area contributed by atoms with Crippen LogP contribution >= 0.6 is 0 Å². The molecule has 0 saturated heterocycles. The third kappa shape index (κ3) is 4.67. The van der Waals surface area contributed by atoms with Crippen molar-refractivity contribution in [3.63, 3.8) is 0 Å². The van der Waals surface area contributed by atoms with Gasteiger partial charge in [0.1, 0.15) is 0 Å². The minimum Gasteiger partial charge on any atom is -0.402 e. The minimum atomic E-state index is -5.14. The molecule has 1 unspecified atom stereocenters. The van der Waals surface area contributed by atoms with Gasteiger partial charge in [0.05, 0.1) is 0 Å². The number of allylic oxidation sites excluding steroid dienone is 1. The Morgan fingerprint density at radius 2 is 1.60 bits per heavy atom. The van der Waals surface area contributed by atoms with E-state index in [4.69, 9.17) is 0 Å². The molecule has 112 valence electrons. The van der Waals surface area contributed by atoms with Gasteiger partial charge in [0.15, 0.2) is 11.5 Å². The highest BCUT2D eigenvalue weighted by Crippen LogP contribution is 2.41. The van der Waals surface area contributed by atoms with E-state index in [1.54, 1.807) is 0 Å². The average Bonchev–Trinajstić information content (AvgIpc) is 2.26. The van der Waals surface area contributed by atoms with Crippen LogP contribution in [0.4, 0.5) is 26.3 Å². The number of halogens is 6. The Labute approximate surface area is 110 Å². The Hall–Kier alpha value is -1.86. The molecule has 0 aliphatic heterocycles. The highest BCUT2D eigenvalue weighted by molar-refractivity contribution is 5.49. The van der Waals surface area contributed by atoms with Crippen molar-refractivity contribution in [2.45, 2.75) is 25.6 Å². The highest BCUT2D eigenvalue weighted by atomic mass is 19.4. The molecule has 1 aromatic rings. The monoisotopic (exact) mass is 300 g/mol. The second kappa shape index (κ2) is 5.64. The smallest absolute Gasteiger partial charge is 0.402 e. The zero-order valence-electron chi connectivity index (χ0n) is 10.2. The Kier molecular flexibility index (Phi) is 4.57. The minimum absolute atomic E-state index is 0.112. The molecule has 0 aromatic heterocycles. The molecular weight excluding hydrogens is 290 g/mol. The fourth-order valence-corrected chi connectivity index (χ4v) is 1.45. The van der Waals surface area contributed by atoms with Gasteiger partial charge in [-0.25, -0.2) is 0 Å². The number of hydrogen-bond donors (Lipinski definition) is 0. The Morgan fingerprint density at radius 3 is 2.05 bits per heavy atom. The summed E-state index contributed by atoms with van der Waals surface area (Å²) < 4.78 is 80.7. The molecule has 0 amide bonds. The van der Waals surface area contributed by atoms with Crippen LogP contribution in [0.3, 0.4) is 0 Å². The van der Waals surface area contributed by atoms with E-state index < -0.39 is 30.1 Å². The number of rotatable bonds is 4. The predicted molar refractivity (Wildman–Crippen MR) is 58.4 cm³/mol. The highest BCUT2D eigenvalue weighted by Gasteiger charge is 2.37. The van der Waals surface area contributed by atoms with E-state index in [-0.39, 0.29) is 5.56 Å². The normalized spacial score (nSPS) is 13.8. The van der Waals surface area contributed by atoms with E-state index in [1.165, 1.54) is 19.1 Å². The van der Waals surface area contributed by atoms with Crippen molar-refractivity contribution >= 4 is 0 Å². The van der Waals surface area contributed by atoms with Crippen molar-refractivity contribution < 1.29 is 35.8 Å². The third-order valence-corrected chi connectivity index (χ3v) is 2.30. The van der Waals surface area contributed by atoms with E-state index in [9.17, 15) is 26.3 Å². The van der Waals surface area contributed by atoms with E-state index in [0.29, 0.717) is 0 Å². The van der Waals surface area contributed by atoms with Gasteiger partial charge >= 0.3 is 12.7 Å². The summed E-state index contributed by atoms with van der Waals surface area (Å²) in [6.45, 7) is 4.84. The lowest BCUT2D eigenvalue weighted by Crippen LogP contribution is -2.22. The first-order chi connectivity index (χ1) is 9.03. The Balaban J connectivity index is 3.32. The molecule has 0 bridgehead atoms. The van der Waals surface area contributed by atoms with Gasteiger partial charge in [-0.05, 0) is 6.07 Å². The number of para-hydroxylation sites is 1. The first kappa shape index (κ1) is 16.2. The zero-order chi connectivity index (χ0) is 15.6. The van der Waals surface area contributed by atoms with Crippen LogP contribution in [0.1, 0.15) is 18.4 Å². The fraction of sp³-hybridized carbons (Fsp3) is 0.333. The van der Waals surface area contributed by atoms with Crippen LogP contribution in [-0.4, -0.2) is 12.7 Å². The van der Waals surface area contributed by atoms with Gasteiger partial charge in [-0.2, -0.15) is 0 Å². The molecule has 0 heterocycles. The van der Waals surface area contributed by atoms with Crippen LogP contribution in [-0.2, 0) is 0 Å². The zero-order valence-corrected chi connectivity index (χ0v) is 10.2. The van der Waals surface area contributed by atoms with E-state index in [2.05, 4.69) is 16.1 Å². The van der Waals surface area contributed by atoms with Crippen molar-refractivity contribution in [2.24, 2.45) is 0 Å². The molecule has 0 spiro atoms. The van der Waals surface area contributed by atoms with Gasteiger partial charge in [0.25, 0.3) is 0 Å². The molecule has 0 saturated carbocycles. The summed E-state index contributed by atoms with van der Waals surface area (Å²) >= 11 is 0. The molecule has 0 fully saturated rings. The van der Waals surface area contributed by atoms with Gasteiger partial charge in [-0.1, -0.05) is 25.1 Å². The van der Waals surface area contributed by atoms with E-state index >= 15 is 0 Å². The van der Waals surface area contributed by atoms with Gasteiger partial charge in [-0.3, -0.25) is 0 Å². The maximum Gasteiger partial charge on any atom is 0.573 e. The molecule has 20 heavy (non-hydrogen) atoms. The molecule has 8 heteroatoms. The van der Waals surface area contributed by atoms with Crippen LogP contribution in [0.25, 0.3) is 0 Å². The van der Waals surface area contributed by atoms with Crippen molar-refractivity contribution in [1.29, 1.82) is 0 Å². The molecule has 0 N–H and O–H groups in total. The maximum atomic E-state index is 12.3. The summed E-state index contributed by atoms with van der Waals surface area (Å²) in [7, 11) is 0. The summed E-state index contributed by atoms with van der Waals surface area (Å²) in [6, 6.07) is 3.09.